The number of ether oxygens (including phenoxy) is 2. The van der Waals surface area contributed by atoms with Gasteiger partial charge in [0.1, 0.15) is 5.75 Å². The van der Waals surface area contributed by atoms with Gasteiger partial charge in [0.25, 0.3) is 0 Å². The van der Waals surface area contributed by atoms with Crippen molar-refractivity contribution >= 4 is 5.97 Å². The number of esters is 1. The van der Waals surface area contributed by atoms with Gasteiger partial charge in [0.05, 0.1) is 19.6 Å². The van der Waals surface area contributed by atoms with E-state index in [9.17, 15) is 4.79 Å². The Bertz CT molecular complexity index is 534. The Morgan fingerprint density at radius 3 is 2.48 bits per heavy atom. The van der Waals surface area contributed by atoms with Gasteiger partial charge in [-0.3, -0.25) is 4.79 Å². The fraction of sp³-hybridized carbons (Fsp3) is 0.611. The molecule has 1 heterocycles. The summed E-state index contributed by atoms with van der Waals surface area (Å²) in [5.74, 6) is 2.08. The third kappa shape index (κ3) is 3.85. The summed E-state index contributed by atoms with van der Waals surface area (Å²) in [5, 5.41) is 7.05. The van der Waals surface area contributed by atoms with Crippen molar-refractivity contribution in [3.63, 3.8) is 0 Å². The van der Waals surface area contributed by atoms with Gasteiger partial charge in [-0.2, -0.15) is 0 Å². The lowest BCUT2D eigenvalue weighted by molar-refractivity contribution is -0.141. The number of carbonyl (C=O) groups is 1. The second-order valence-corrected chi connectivity index (χ2v) is 6.75. The molecule has 126 valence electrons. The molecule has 2 fully saturated rings. The number of methoxy groups -OCH3 is 1. The summed E-state index contributed by atoms with van der Waals surface area (Å²) < 4.78 is 10.5. The molecule has 2 aliphatic rings. The average molecular weight is 318 g/mol. The van der Waals surface area contributed by atoms with Crippen molar-refractivity contribution in [3.05, 3.63) is 29.8 Å². The topological polar surface area (TPSA) is 59.6 Å². The first kappa shape index (κ1) is 16.3. The normalized spacial score (nSPS) is 26.7. The van der Waals surface area contributed by atoms with Crippen LogP contribution in [0.1, 0.15) is 31.9 Å². The summed E-state index contributed by atoms with van der Waals surface area (Å²) in [7, 11) is 1.44. The van der Waals surface area contributed by atoms with Crippen molar-refractivity contribution in [2.75, 3.05) is 20.2 Å². The number of nitrogens with one attached hydrogen (secondary N) is 2. The van der Waals surface area contributed by atoms with E-state index in [4.69, 9.17) is 9.47 Å². The van der Waals surface area contributed by atoms with Crippen LogP contribution in [-0.2, 0) is 9.53 Å². The van der Waals surface area contributed by atoms with Crippen LogP contribution in [0.15, 0.2) is 24.3 Å². The number of carbonyl (C=O) groups excluding carboxylic acids is 1. The quantitative estimate of drug-likeness (QED) is 0.752. The maximum atomic E-state index is 11.8. The summed E-state index contributed by atoms with van der Waals surface area (Å²) in [4.78, 5) is 11.8. The largest absolute Gasteiger partial charge is 0.491 e. The van der Waals surface area contributed by atoms with Crippen molar-refractivity contribution < 1.29 is 14.3 Å². The van der Waals surface area contributed by atoms with Crippen molar-refractivity contribution in [3.8, 4) is 5.75 Å². The van der Waals surface area contributed by atoms with Crippen molar-refractivity contribution in [1.29, 1.82) is 0 Å². The van der Waals surface area contributed by atoms with E-state index in [1.807, 2.05) is 38.1 Å². The molecule has 0 aromatic heterocycles. The number of rotatable bonds is 7. The maximum absolute atomic E-state index is 11.8. The minimum absolute atomic E-state index is 0.00819. The number of hydrogen-bond acceptors (Lipinski definition) is 5. The lowest BCUT2D eigenvalue weighted by atomic mass is 10.0. The van der Waals surface area contributed by atoms with Crippen molar-refractivity contribution in [2.24, 2.45) is 11.8 Å². The summed E-state index contributed by atoms with van der Waals surface area (Å²) in [6.45, 7) is 6.17. The van der Waals surface area contributed by atoms with Gasteiger partial charge >= 0.3 is 5.97 Å². The molecule has 1 saturated heterocycles. The molecule has 1 aromatic carbocycles. The van der Waals surface area contributed by atoms with Gasteiger partial charge in [-0.1, -0.05) is 12.1 Å². The van der Waals surface area contributed by atoms with Gasteiger partial charge in [0, 0.05) is 12.1 Å². The number of piperidine rings is 1. The van der Waals surface area contributed by atoms with Gasteiger partial charge in [-0.25, -0.2) is 0 Å². The second-order valence-electron chi connectivity index (χ2n) is 6.75. The van der Waals surface area contributed by atoms with Crippen LogP contribution in [0.5, 0.6) is 5.75 Å². The Morgan fingerprint density at radius 1 is 1.26 bits per heavy atom. The first-order chi connectivity index (χ1) is 11.1. The molecule has 23 heavy (non-hydrogen) atoms. The third-order valence-electron chi connectivity index (χ3n) is 4.74. The average Bonchev–Trinajstić information content (AvgIpc) is 2.95. The molecule has 5 nitrogen and oxygen atoms in total. The predicted octanol–water partition coefficient (Wildman–Crippen LogP) is 1.89. The summed E-state index contributed by atoms with van der Waals surface area (Å²) >= 11 is 0. The van der Waals surface area contributed by atoms with Crippen molar-refractivity contribution in [1.82, 2.24) is 10.6 Å². The van der Waals surface area contributed by atoms with Gasteiger partial charge < -0.3 is 20.1 Å². The molecule has 3 unspecified atom stereocenters. The van der Waals surface area contributed by atoms with E-state index >= 15 is 0 Å². The summed E-state index contributed by atoms with van der Waals surface area (Å²) in [6.07, 6.45) is 0.507. The monoisotopic (exact) mass is 318 g/mol. The minimum atomic E-state index is -0.186. The molecular weight excluding hydrogens is 292 g/mol. The minimum Gasteiger partial charge on any atom is -0.491 e. The number of benzene rings is 1. The molecule has 1 aromatic rings. The van der Waals surface area contributed by atoms with E-state index in [2.05, 4.69) is 10.6 Å². The standard InChI is InChI=1S/C18H26N2O3/c1-11(2)23-13-6-4-12(5-7-13)16(8-17(21)22-3)20-18-14-9-19-10-15(14)18/h4-7,11,14-16,18-20H,8-10H2,1-3H3. The molecule has 1 saturated carbocycles. The van der Waals surface area contributed by atoms with E-state index in [1.54, 1.807) is 0 Å². The third-order valence-corrected chi connectivity index (χ3v) is 4.74. The molecule has 3 rings (SSSR count). The first-order valence-electron chi connectivity index (χ1n) is 8.38. The van der Waals surface area contributed by atoms with E-state index < -0.39 is 0 Å². The molecule has 0 radical (unpaired) electrons. The Kier molecular flexibility index (Phi) is 4.87. The van der Waals surface area contributed by atoms with Crippen LogP contribution in [0.2, 0.25) is 0 Å². The molecule has 3 atom stereocenters. The highest BCUT2D eigenvalue weighted by Gasteiger charge is 2.53. The number of fused-ring (bicyclic) bond motifs is 1. The highest BCUT2D eigenvalue weighted by Crippen LogP contribution is 2.43. The highest BCUT2D eigenvalue weighted by molar-refractivity contribution is 5.70. The number of hydrogen-bond donors (Lipinski definition) is 2. The molecule has 1 aliphatic carbocycles. The van der Waals surface area contributed by atoms with Crippen LogP contribution in [0.3, 0.4) is 0 Å². The lowest BCUT2D eigenvalue weighted by Crippen LogP contribution is -2.32. The fourth-order valence-electron chi connectivity index (χ4n) is 3.47. The predicted molar refractivity (Wildman–Crippen MR) is 88.4 cm³/mol. The Balaban J connectivity index is 1.68. The van der Waals surface area contributed by atoms with Gasteiger partial charge in [0.15, 0.2) is 0 Å². The van der Waals surface area contributed by atoms with E-state index in [0.29, 0.717) is 24.3 Å². The summed E-state index contributed by atoms with van der Waals surface area (Å²) in [5.41, 5.74) is 1.10. The Labute approximate surface area is 137 Å². The zero-order valence-electron chi connectivity index (χ0n) is 14.0. The van der Waals surface area contributed by atoms with Crippen LogP contribution < -0.4 is 15.4 Å². The van der Waals surface area contributed by atoms with Gasteiger partial charge in [-0.05, 0) is 56.5 Å². The van der Waals surface area contributed by atoms with E-state index in [1.165, 1.54) is 7.11 Å². The van der Waals surface area contributed by atoms with Gasteiger partial charge in [0.2, 0.25) is 0 Å². The molecular formula is C18H26N2O3. The van der Waals surface area contributed by atoms with E-state index in [-0.39, 0.29) is 18.1 Å². The zero-order chi connectivity index (χ0) is 16.4. The zero-order valence-corrected chi connectivity index (χ0v) is 14.0. The summed E-state index contributed by atoms with van der Waals surface area (Å²) in [6, 6.07) is 8.51. The van der Waals surface area contributed by atoms with Crippen LogP contribution in [0.25, 0.3) is 0 Å². The van der Waals surface area contributed by atoms with Crippen molar-refractivity contribution in [2.45, 2.75) is 38.5 Å². The Hall–Kier alpha value is -1.59. The van der Waals surface area contributed by atoms with Gasteiger partial charge in [-0.15, -0.1) is 0 Å². The van der Waals surface area contributed by atoms with Crippen LogP contribution in [0.4, 0.5) is 0 Å². The van der Waals surface area contributed by atoms with Crippen LogP contribution in [0, 0.1) is 11.8 Å². The smallest absolute Gasteiger partial charge is 0.307 e. The lowest BCUT2D eigenvalue weighted by Gasteiger charge is -2.20. The highest BCUT2D eigenvalue weighted by atomic mass is 16.5. The van der Waals surface area contributed by atoms with E-state index in [0.717, 1.165) is 24.4 Å². The molecule has 1 aliphatic heterocycles. The second kappa shape index (κ2) is 6.89. The molecule has 0 spiro atoms. The molecule has 2 N–H and O–H groups in total. The molecule has 5 heteroatoms. The molecule has 0 bridgehead atoms. The Morgan fingerprint density at radius 2 is 1.91 bits per heavy atom. The maximum Gasteiger partial charge on any atom is 0.307 e. The fourth-order valence-corrected chi connectivity index (χ4v) is 3.47. The molecule has 0 amide bonds. The first-order valence-corrected chi connectivity index (χ1v) is 8.38. The van der Waals surface area contributed by atoms with Crippen LogP contribution in [-0.4, -0.2) is 38.3 Å². The van der Waals surface area contributed by atoms with Crippen LogP contribution >= 0.6 is 0 Å². The SMILES string of the molecule is COC(=O)CC(NC1C2CNCC21)c1ccc(OC(C)C)cc1.